The smallest absolute Gasteiger partial charge is 0.382 e. The van der Waals surface area contributed by atoms with Gasteiger partial charge in [0.25, 0.3) is 0 Å². The number of aliphatic hydroxyl groups excluding tert-OH is 1. The maximum absolute atomic E-state index is 12.0. The standard InChI is InChI=1S/C7H14F3NO/c1-4(2)5(11-3)6(12)7(8,9)10/h4-6,11-12H,1-3H3. The molecule has 0 aromatic heterocycles. The van der Waals surface area contributed by atoms with Gasteiger partial charge in [0.15, 0.2) is 6.10 Å². The normalized spacial score (nSPS) is 18.0. The molecule has 5 heteroatoms. The average molecular weight is 185 g/mol. The van der Waals surface area contributed by atoms with E-state index in [9.17, 15) is 13.2 Å². The van der Waals surface area contributed by atoms with Crippen LogP contribution in [0.4, 0.5) is 13.2 Å². The second kappa shape index (κ2) is 4.09. The third-order valence-electron chi connectivity index (χ3n) is 1.73. The monoisotopic (exact) mass is 185 g/mol. The lowest BCUT2D eigenvalue weighted by Crippen LogP contribution is -2.49. The summed E-state index contributed by atoms with van der Waals surface area (Å²) >= 11 is 0. The summed E-state index contributed by atoms with van der Waals surface area (Å²) in [6.45, 7) is 3.24. The van der Waals surface area contributed by atoms with Gasteiger partial charge in [0.05, 0.1) is 0 Å². The summed E-state index contributed by atoms with van der Waals surface area (Å²) in [4.78, 5) is 0. The highest BCUT2D eigenvalue weighted by Gasteiger charge is 2.43. The van der Waals surface area contributed by atoms with E-state index in [1.54, 1.807) is 13.8 Å². The summed E-state index contributed by atoms with van der Waals surface area (Å²) in [7, 11) is 1.40. The van der Waals surface area contributed by atoms with Crippen molar-refractivity contribution in [2.24, 2.45) is 5.92 Å². The fraction of sp³-hybridized carbons (Fsp3) is 1.00. The van der Waals surface area contributed by atoms with E-state index in [2.05, 4.69) is 5.32 Å². The molecule has 0 aliphatic carbocycles. The van der Waals surface area contributed by atoms with Crippen LogP contribution in [0.15, 0.2) is 0 Å². The molecule has 0 saturated carbocycles. The number of aliphatic hydroxyl groups is 1. The number of alkyl halides is 3. The van der Waals surface area contributed by atoms with Gasteiger partial charge in [-0.2, -0.15) is 13.2 Å². The Labute approximate surface area is 69.8 Å². The maximum atomic E-state index is 12.0. The van der Waals surface area contributed by atoms with Crippen molar-refractivity contribution >= 4 is 0 Å². The van der Waals surface area contributed by atoms with Crippen LogP contribution in [0.1, 0.15) is 13.8 Å². The molecule has 0 bridgehead atoms. The zero-order valence-corrected chi connectivity index (χ0v) is 7.31. The minimum atomic E-state index is -4.54. The van der Waals surface area contributed by atoms with Crippen molar-refractivity contribution < 1.29 is 18.3 Å². The molecule has 0 amide bonds. The quantitative estimate of drug-likeness (QED) is 0.691. The molecule has 0 aliphatic heterocycles. The van der Waals surface area contributed by atoms with Crippen LogP contribution in [-0.4, -0.2) is 30.5 Å². The minimum absolute atomic E-state index is 0.258. The van der Waals surface area contributed by atoms with E-state index < -0.39 is 18.3 Å². The Morgan fingerprint density at radius 3 is 1.75 bits per heavy atom. The van der Waals surface area contributed by atoms with E-state index in [0.717, 1.165) is 0 Å². The molecule has 0 heterocycles. The van der Waals surface area contributed by atoms with Crippen LogP contribution in [-0.2, 0) is 0 Å². The average Bonchev–Trinajstić information content (AvgIpc) is 1.86. The number of rotatable bonds is 3. The molecule has 12 heavy (non-hydrogen) atoms. The van der Waals surface area contributed by atoms with Gasteiger partial charge in [-0.1, -0.05) is 13.8 Å². The fourth-order valence-corrected chi connectivity index (χ4v) is 1.06. The van der Waals surface area contributed by atoms with Gasteiger partial charge in [0.1, 0.15) is 0 Å². The predicted molar refractivity (Wildman–Crippen MR) is 39.7 cm³/mol. The highest BCUT2D eigenvalue weighted by Crippen LogP contribution is 2.24. The van der Waals surface area contributed by atoms with Crippen molar-refractivity contribution in [3.63, 3.8) is 0 Å². The lowest BCUT2D eigenvalue weighted by molar-refractivity contribution is -0.215. The highest BCUT2D eigenvalue weighted by molar-refractivity contribution is 4.82. The van der Waals surface area contributed by atoms with Crippen LogP contribution in [0.3, 0.4) is 0 Å². The van der Waals surface area contributed by atoms with Crippen LogP contribution < -0.4 is 5.32 Å². The van der Waals surface area contributed by atoms with Crippen LogP contribution in [0.5, 0.6) is 0 Å². The number of nitrogens with one attached hydrogen (secondary N) is 1. The summed E-state index contributed by atoms with van der Waals surface area (Å²) in [5.41, 5.74) is 0. The van der Waals surface area contributed by atoms with E-state index in [4.69, 9.17) is 5.11 Å². The lowest BCUT2D eigenvalue weighted by Gasteiger charge is -2.27. The largest absolute Gasteiger partial charge is 0.415 e. The van der Waals surface area contributed by atoms with Gasteiger partial charge in [-0.05, 0) is 13.0 Å². The summed E-state index contributed by atoms with van der Waals surface area (Å²) in [5, 5.41) is 11.3. The Balaban J connectivity index is 4.32. The summed E-state index contributed by atoms with van der Waals surface area (Å²) in [6.07, 6.45) is -6.83. The molecule has 0 fully saturated rings. The van der Waals surface area contributed by atoms with Crippen LogP contribution >= 0.6 is 0 Å². The van der Waals surface area contributed by atoms with Gasteiger partial charge in [0.2, 0.25) is 0 Å². The van der Waals surface area contributed by atoms with Crippen LogP contribution in [0.2, 0.25) is 0 Å². The first-order chi connectivity index (χ1) is 5.30. The molecule has 0 radical (unpaired) electrons. The number of likely N-dealkylation sites (N-methyl/N-ethyl adjacent to an activating group) is 1. The zero-order valence-electron chi connectivity index (χ0n) is 7.31. The number of hydrogen-bond donors (Lipinski definition) is 2. The van der Waals surface area contributed by atoms with Gasteiger partial charge in [-0.25, -0.2) is 0 Å². The molecule has 0 aromatic rings. The summed E-state index contributed by atoms with van der Waals surface area (Å²) in [6, 6.07) is -0.940. The second-order valence-electron chi connectivity index (χ2n) is 3.04. The van der Waals surface area contributed by atoms with Crippen molar-refractivity contribution in [1.29, 1.82) is 0 Å². The molecule has 2 atom stereocenters. The topological polar surface area (TPSA) is 32.3 Å². The van der Waals surface area contributed by atoms with Gasteiger partial charge >= 0.3 is 6.18 Å². The molecule has 2 nitrogen and oxygen atoms in total. The highest BCUT2D eigenvalue weighted by atomic mass is 19.4. The fourth-order valence-electron chi connectivity index (χ4n) is 1.06. The molecular weight excluding hydrogens is 171 g/mol. The summed E-state index contributed by atoms with van der Waals surface area (Å²) in [5.74, 6) is -0.258. The Bertz CT molecular complexity index is 135. The molecule has 0 saturated heterocycles. The Morgan fingerprint density at radius 1 is 1.25 bits per heavy atom. The van der Waals surface area contributed by atoms with E-state index in [1.807, 2.05) is 0 Å². The van der Waals surface area contributed by atoms with Crippen LogP contribution in [0, 0.1) is 5.92 Å². The minimum Gasteiger partial charge on any atom is -0.382 e. The third-order valence-corrected chi connectivity index (χ3v) is 1.73. The summed E-state index contributed by atoms with van der Waals surface area (Å²) < 4.78 is 35.9. The molecule has 0 aliphatic rings. The first-order valence-electron chi connectivity index (χ1n) is 3.72. The van der Waals surface area contributed by atoms with Crippen molar-refractivity contribution in [2.75, 3.05) is 7.05 Å². The molecular formula is C7H14F3NO. The Kier molecular flexibility index (Phi) is 3.99. The van der Waals surface area contributed by atoms with Gasteiger partial charge in [-0.15, -0.1) is 0 Å². The first kappa shape index (κ1) is 11.7. The number of halogens is 3. The Hall–Kier alpha value is -0.290. The van der Waals surface area contributed by atoms with Crippen molar-refractivity contribution in [3.05, 3.63) is 0 Å². The van der Waals surface area contributed by atoms with Gasteiger partial charge < -0.3 is 10.4 Å². The Morgan fingerprint density at radius 2 is 1.67 bits per heavy atom. The predicted octanol–water partition coefficient (Wildman–Crippen LogP) is 1.15. The molecule has 0 spiro atoms. The molecule has 2 unspecified atom stereocenters. The van der Waals surface area contributed by atoms with E-state index in [1.165, 1.54) is 7.05 Å². The van der Waals surface area contributed by atoms with Crippen molar-refractivity contribution in [3.8, 4) is 0 Å². The lowest BCUT2D eigenvalue weighted by atomic mass is 9.98. The van der Waals surface area contributed by atoms with Crippen molar-refractivity contribution in [1.82, 2.24) is 5.32 Å². The van der Waals surface area contributed by atoms with E-state index >= 15 is 0 Å². The van der Waals surface area contributed by atoms with E-state index in [-0.39, 0.29) is 5.92 Å². The zero-order chi connectivity index (χ0) is 9.94. The second-order valence-corrected chi connectivity index (χ2v) is 3.04. The number of hydrogen-bond acceptors (Lipinski definition) is 2. The SMILES string of the molecule is CNC(C(C)C)C(O)C(F)(F)F. The molecule has 74 valence electrons. The van der Waals surface area contributed by atoms with Gasteiger partial charge in [0, 0.05) is 6.04 Å². The van der Waals surface area contributed by atoms with Gasteiger partial charge in [-0.3, -0.25) is 0 Å². The van der Waals surface area contributed by atoms with E-state index in [0.29, 0.717) is 0 Å². The van der Waals surface area contributed by atoms with Crippen LogP contribution in [0.25, 0.3) is 0 Å². The maximum Gasteiger partial charge on any atom is 0.415 e. The molecule has 0 rings (SSSR count). The first-order valence-corrected chi connectivity index (χ1v) is 3.72. The molecule has 2 N–H and O–H groups in total. The molecule has 0 aromatic carbocycles. The third kappa shape index (κ3) is 2.98. The van der Waals surface area contributed by atoms with Crippen molar-refractivity contribution in [2.45, 2.75) is 32.2 Å².